The zero-order valence-corrected chi connectivity index (χ0v) is 11.0. The highest BCUT2D eigenvalue weighted by atomic mass is 35.5. The molecular weight excluding hydrogens is 274 g/mol. The zero-order chi connectivity index (χ0) is 13.9. The Hall–Kier alpha value is -2.64. The van der Waals surface area contributed by atoms with Crippen LogP contribution in [0.2, 0.25) is 5.28 Å². The van der Waals surface area contributed by atoms with E-state index in [4.69, 9.17) is 21.6 Å². The third kappa shape index (κ3) is 2.40. The van der Waals surface area contributed by atoms with Crippen LogP contribution in [0.4, 0.5) is 0 Å². The quantitative estimate of drug-likeness (QED) is 0.667. The zero-order valence-electron chi connectivity index (χ0n) is 10.2. The first-order chi connectivity index (χ1) is 9.76. The number of fused-ring (bicyclic) bond motifs is 1. The molecule has 3 rings (SSSR count). The number of hydrogen-bond donors (Lipinski definition) is 0. The minimum absolute atomic E-state index is 0.132. The molecule has 0 amide bonds. The van der Waals surface area contributed by atoms with E-state index < -0.39 is 0 Å². The van der Waals surface area contributed by atoms with Crippen LogP contribution in [0.5, 0.6) is 11.6 Å². The van der Waals surface area contributed by atoms with Crippen molar-refractivity contribution in [2.45, 2.75) is 0 Å². The van der Waals surface area contributed by atoms with E-state index in [9.17, 15) is 0 Å². The molecule has 5 heteroatoms. The number of nitriles is 1. The third-order valence-electron chi connectivity index (χ3n) is 2.74. The minimum Gasteiger partial charge on any atom is -0.438 e. The van der Waals surface area contributed by atoms with Gasteiger partial charge < -0.3 is 4.74 Å². The van der Waals surface area contributed by atoms with Crippen LogP contribution in [0.3, 0.4) is 0 Å². The number of benzene rings is 2. The largest absolute Gasteiger partial charge is 0.438 e. The van der Waals surface area contributed by atoms with Crippen LogP contribution in [0.25, 0.3) is 10.9 Å². The number of aromatic nitrogens is 2. The highest BCUT2D eigenvalue weighted by Crippen LogP contribution is 2.28. The smallest absolute Gasteiger partial charge is 0.231 e. The van der Waals surface area contributed by atoms with Gasteiger partial charge in [-0.15, -0.1) is 0 Å². The number of ether oxygens (including phenoxy) is 1. The van der Waals surface area contributed by atoms with Gasteiger partial charge in [-0.3, -0.25) is 0 Å². The maximum Gasteiger partial charge on any atom is 0.231 e. The number of hydrogen-bond acceptors (Lipinski definition) is 4. The van der Waals surface area contributed by atoms with Crippen molar-refractivity contribution in [2.24, 2.45) is 0 Å². The lowest BCUT2D eigenvalue weighted by Gasteiger charge is -2.07. The Morgan fingerprint density at radius 2 is 1.75 bits per heavy atom. The van der Waals surface area contributed by atoms with Crippen molar-refractivity contribution in [1.82, 2.24) is 9.97 Å². The van der Waals surface area contributed by atoms with E-state index in [0.29, 0.717) is 17.2 Å². The number of para-hydroxylation sites is 1. The second kappa shape index (κ2) is 5.16. The predicted molar refractivity (Wildman–Crippen MR) is 75.8 cm³/mol. The maximum atomic E-state index is 8.77. The van der Waals surface area contributed by atoms with Crippen molar-refractivity contribution in [2.75, 3.05) is 0 Å². The standard InChI is InChI=1S/C15H8ClN3O/c16-15-18-13-4-2-1-3-12(13)14(19-15)20-11-7-5-10(9-17)6-8-11/h1-8H. The average Bonchev–Trinajstić information content (AvgIpc) is 2.48. The van der Waals surface area contributed by atoms with Gasteiger partial charge in [0.2, 0.25) is 11.2 Å². The normalized spacial score (nSPS) is 10.2. The molecule has 0 saturated carbocycles. The SMILES string of the molecule is N#Cc1ccc(Oc2nc(Cl)nc3ccccc23)cc1. The molecule has 0 unspecified atom stereocenters. The van der Waals surface area contributed by atoms with Crippen molar-refractivity contribution in [1.29, 1.82) is 5.26 Å². The fourth-order valence-corrected chi connectivity index (χ4v) is 1.98. The Morgan fingerprint density at radius 1 is 1.00 bits per heavy atom. The topological polar surface area (TPSA) is 58.8 Å². The molecule has 2 aromatic carbocycles. The molecule has 4 nitrogen and oxygen atoms in total. The molecule has 0 fully saturated rings. The molecule has 0 aliphatic carbocycles. The minimum atomic E-state index is 0.132. The van der Waals surface area contributed by atoms with Gasteiger partial charge in [-0.25, -0.2) is 4.98 Å². The lowest BCUT2D eigenvalue weighted by Crippen LogP contribution is -1.93. The molecule has 0 radical (unpaired) electrons. The van der Waals surface area contributed by atoms with E-state index in [0.717, 1.165) is 10.9 Å². The van der Waals surface area contributed by atoms with Gasteiger partial charge >= 0.3 is 0 Å². The molecule has 0 saturated heterocycles. The van der Waals surface area contributed by atoms with Crippen LogP contribution >= 0.6 is 11.6 Å². The fraction of sp³-hybridized carbons (Fsp3) is 0. The summed E-state index contributed by atoms with van der Waals surface area (Å²) in [4.78, 5) is 8.24. The average molecular weight is 282 g/mol. The van der Waals surface area contributed by atoms with Crippen LogP contribution in [-0.4, -0.2) is 9.97 Å². The molecule has 20 heavy (non-hydrogen) atoms. The Morgan fingerprint density at radius 3 is 2.50 bits per heavy atom. The van der Waals surface area contributed by atoms with Crippen molar-refractivity contribution in [3.8, 4) is 17.7 Å². The summed E-state index contributed by atoms with van der Waals surface area (Å²) in [6.45, 7) is 0. The van der Waals surface area contributed by atoms with Crippen LogP contribution in [0.1, 0.15) is 5.56 Å². The predicted octanol–water partition coefficient (Wildman–Crippen LogP) is 3.95. The van der Waals surface area contributed by atoms with E-state index in [2.05, 4.69) is 16.0 Å². The molecule has 0 N–H and O–H groups in total. The summed E-state index contributed by atoms with van der Waals surface area (Å²) < 4.78 is 5.73. The Labute approximate surface area is 120 Å². The second-order valence-electron chi connectivity index (χ2n) is 4.05. The van der Waals surface area contributed by atoms with Crippen molar-refractivity contribution >= 4 is 22.5 Å². The van der Waals surface area contributed by atoms with Crippen molar-refractivity contribution < 1.29 is 4.74 Å². The van der Waals surface area contributed by atoms with E-state index in [1.165, 1.54) is 0 Å². The second-order valence-corrected chi connectivity index (χ2v) is 4.39. The van der Waals surface area contributed by atoms with E-state index >= 15 is 0 Å². The summed E-state index contributed by atoms with van der Waals surface area (Å²) in [5.41, 5.74) is 1.29. The van der Waals surface area contributed by atoms with Gasteiger partial charge in [0.05, 0.1) is 22.5 Å². The van der Waals surface area contributed by atoms with Crippen molar-refractivity contribution in [3.05, 3.63) is 59.4 Å². The van der Waals surface area contributed by atoms with Gasteiger partial charge in [-0.05, 0) is 48.0 Å². The fourth-order valence-electron chi connectivity index (χ4n) is 1.81. The van der Waals surface area contributed by atoms with Gasteiger partial charge in [-0.2, -0.15) is 10.2 Å². The van der Waals surface area contributed by atoms with Gasteiger partial charge in [0.25, 0.3) is 0 Å². The highest BCUT2D eigenvalue weighted by molar-refractivity contribution is 6.28. The van der Waals surface area contributed by atoms with Crippen LogP contribution in [0.15, 0.2) is 48.5 Å². The van der Waals surface area contributed by atoms with Crippen LogP contribution < -0.4 is 4.74 Å². The summed E-state index contributed by atoms with van der Waals surface area (Å²) >= 11 is 5.89. The Kier molecular flexibility index (Phi) is 3.20. The summed E-state index contributed by atoms with van der Waals surface area (Å²) in [6, 6.07) is 16.3. The summed E-state index contributed by atoms with van der Waals surface area (Å²) in [5, 5.41) is 9.68. The summed E-state index contributed by atoms with van der Waals surface area (Å²) in [5.74, 6) is 0.981. The lowest BCUT2D eigenvalue weighted by atomic mass is 10.2. The first-order valence-electron chi connectivity index (χ1n) is 5.86. The van der Waals surface area contributed by atoms with Gasteiger partial charge in [0, 0.05) is 0 Å². The van der Waals surface area contributed by atoms with Crippen LogP contribution in [-0.2, 0) is 0 Å². The molecule has 1 heterocycles. The Bertz CT molecular complexity index is 809. The number of nitrogens with zero attached hydrogens (tertiary/aromatic N) is 3. The van der Waals surface area contributed by atoms with E-state index in [1.807, 2.05) is 24.3 Å². The molecule has 0 aliphatic rings. The van der Waals surface area contributed by atoms with E-state index in [-0.39, 0.29) is 5.28 Å². The monoisotopic (exact) mass is 281 g/mol. The maximum absolute atomic E-state index is 8.77. The van der Waals surface area contributed by atoms with Gasteiger partial charge in [0.1, 0.15) is 5.75 Å². The molecular formula is C15H8ClN3O. The number of rotatable bonds is 2. The molecule has 1 aromatic heterocycles. The first-order valence-corrected chi connectivity index (χ1v) is 6.24. The first kappa shape index (κ1) is 12.4. The molecule has 0 spiro atoms. The molecule has 3 aromatic rings. The van der Waals surface area contributed by atoms with Crippen molar-refractivity contribution in [3.63, 3.8) is 0 Å². The summed E-state index contributed by atoms with van der Waals surface area (Å²) in [6.07, 6.45) is 0. The summed E-state index contributed by atoms with van der Waals surface area (Å²) in [7, 11) is 0. The molecule has 96 valence electrons. The highest BCUT2D eigenvalue weighted by Gasteiger charge is 2.08. The Balaban J connectivity index is 2.03. The number of halogens is 1. The molecule has 0 aliphatic heterocycles. The van der Waals surface area contributed by atoms with E-state index in [1.54, 1.807) is 24.3 Å². The van der Waals surface area contributed by atoms with Crippen LogP contribution in [0, 0.1) is 11.3 Å². The van der Waals surface area contributed by atoms with Gasteiger partial charge in [-0.1, -0.05) is 12.1 Å². The molecule has 0 atom stereocenters. The third-order valence-corrected chi connectivity index (χ3v) is 2.91. The lowest BCUT2D eigenvalue weighted by molar-refractivity contribution is 0.468. The molecule has 0 bridgehead atoms. The van der Waals surface area contributed by atoms with Gasteiger partial charge in [0.15, 0.2) is 0 Å².